The van der Waals surface area contributed by atoms with E-state index in [4.69, 9.17) is 5.53 Å². The molecule has 0 amide bonds. The number of hydrogen-bond donors (Lipinski definition) is 0. The van der Waals surface area contributed by atoms with Crippen molar-refractivity contribution in [3.8, 4) is 0 Å². The van der Waals surface area contributed by atoms with Gasteiger partial charge in [-0.25, -0.2) is 9.59 Å². The summed E-state index contributed by atoms with van der Waals surface area (Å²) in [5.74, 6) is -1.31. The average molecular weight is 171 g/mol. The van der Waals surface area contributed by atoms with Gasteiger partial charge in [0.25, 0.3) is 0 Å². The quantitative estimate of drug-likeness (QED) is 0.247. The Morgan fingerprint density at radius 1 is 1.67 bits per heavy atom. The lowest BCUT2D eigenvalue weighted by molar-refractivity contribution is -0.183. The van der Waals surface area contributed by atoms with Crippen LogP contribution in [0.25, 0.3) is 10.4 Å². The molecule has 1 aliphatic heterocycles. The van der Waals surface area contributed by atoms with E-state index >= 15 is 0 Å². The minimum atomic E-state index is -1.08. The zero-order chi connectivity index (χ0) is 8.97. The van der Waals surface area contributed by atoms with Gasteiger partial charge in [-0.1, -0.05) is 5.11 Å². The van der Waals surface area contributed by atoms with Crippen molar-refractivity contribution in [1.82, 2.24) is 0 Å². The number of ether oxygens (including phenoxy) is 2. The van der Waals surface area contributed by atoms with E-state index in [1.165, 1.54) is 0 Å². The van der Waals surface area contributed by atoms with Crippen LogP contribution in [0.3, 0.4) is 0 Å². The van der Waals surface area contributed by atoms with Gasteiger partial charge in [0, 0.05) is 4.91 Å². The molecule has 1 saturated heterocycles. The molecule has 0 spiro atoms. The summed E-state index contributed by atoms with van der Waals surface area (Å²) in [5, 5.41) is 3.08. The van der Waals surface area contributed by atoms with Gasteiger partial charge in [-0.15, -0.1) is 0 Å². The van der Waals surface area contributed by atoms with Gasteiger partial charge in [-0.3, -0.25) is 0 Å². The lowest BCUT2D eigenvalue weighted by atomic mass is 10.3. The van der Waals surface area contributed by atoms with Crippen LogP contribution < -0.4 is 0 Å². The van der Waals surface area contributed by atoms with Crippen molar-refractivity contribution in [2.75, 3.05) is 13.2 Å². The zero-order valence-electron chi connectivity index (χ0n) is 5.97. The van der Waals surface area contributed by atoms with E-state index < -0.39 is 18.0 Å². The SMILES string of the molecule is [N-]=[N+]=NCC1OC(=O)COC1=O. The zero-order valence-corrected chi connectivity index (χ0v) is 5.97. The maximum Gasteiger partial charge on any atom is 0.348 e. The summed E-state index contributed by atoms with van der Waals surface area (Å²) >= 11 is 0. The molecule has 1 unspecified atom stereocenters. The molecular formula is C5H5N3O4. The molecule has 12 heavy (non-hydrogen) atoms. The fourth-order valence-electron chi connectivity index (χ4n) is 0.686. The molecule has 0 aliphatic carbocycles. The number of carbonyl (C=O) groups excluding carboxylic acids is 2. The molecule has 1 heterocycles. The largest absolute Gasteiger partial charge is 0.451 e. The number of esters is 2. The number of cyclic esters (lactones) is 2. The summed E-state index contributed by atoms with van der Waals surface area (Å²) < 4.78 is 8.93. The van der Waals surface area contributed by atoms with Crippen LogP contribution in [0.5, 0.6) is 0 Å². The van der Waals surface area contributed by atoms with Crippen LogP contribution in [-0.4, -0.2) is 31.2 Å². The summed E-state index contributed by atoms with van der Waals surface area (Å²) in [7, 11) is 0. The third-order valence-electron chi connectivity index (χ3n) is 1.18. The fourth-order valence-corrected chi connectivity index (χ4v) is 0.686. The molecule has 0 aromatic heterocycles. The third-order valence-corrected chi connectivity index (χ3v) is 1.18. The van der Waals surface area contributed by atoms with Gasteiger partial charge in [0.1, 0.15) is 0 Å². The molecule has 0 bridgehead atoms. The minimum absolute atomic E-state index is 0.221. The topological polar surface area (TPSA) is 101 Å². The number of carbonyl (C=O) groups is 2. The monoisotopic (exact) mass is 171 g/mol. The smallest absolute Gasteiger partial charge is 0.348 e. The normalized spacial score (nSPS) is 22.2. The third kappa shape index (κ3) is 1.86. The van der Waals surface area contributed by atoms with Crippen molar-refractivity contribution >= 4 is 11.9 Å². The van der Waals surface area contributed by atoms with Crippen molar-refractivity contribution in [3.05, 3.63) is 10.4 Å². The molecule has 7 heteroatoms. The molecule has 1 fully saturated rings. The number of nitrogens with zero attached hydrogens (tertiary/aromatic N) is 3. The molecule has 0 aromatic rings. The van der Waals surface area contributed by atoms with Crippen molar-refractivity contribution in [3.63, 3.8) is 0 Å². The Balaban J connectivity index is 2.54. The summed E-state index contributed by atoms with van der Waals surface area (Å²) in [6, 6.07) is 0. The maximum atomic E-state index is 10.8. The predicted octanol–water partition coefficient (Wildman–Crippen LogP) is -0.235. The van der Waals surface area contributed by atoms with Crippen molar-refractivity contribution in [2.24, 2.45) is 5.11 Å². The first-order valence-corrected chi connectivity index (χ1v) is 3.11. The highest BCUT2D eigenvalue weighted by molar-refractivity contribution is 5.85. The van der Waals surface area contributed by atoms with E-state index in [1.54, 1.807) is 0 Å². The first-order chi connectivity index (χ1) is 5.74. The summed E-state index contributed by atoms with van der Waals surface area (Å²) in [5.41, 5.74) is 7.91. The highest BCUT2D eigenvalue weighted by Gasteiger charge is 2.29. The van der Waals surface area contributed by atoms with E-state index in [0.29, 0.717) is 0 Å². The molecule has 64 valence electrons. The van der Waals surface area contributed by atoms with Gasteiger partial charge in [-0.05, 0) is 5.53 Å². The molecule has 0 aromatic carbocycles. The van der Waals surface area contributed by atoms with Gasteiger partial charge in [-0.2, -0.15) is 0 Å². The van der Waals surface area contributed by atoms with Crippen LogP contribution >= 0.6 is 0 Å². The Labute approximate surface area is 66.9 Å². The maximum absolute atomic E-state index is 10.8. The second kappa shape index (κ2) is 3.59. The molecular weight excluding hydrogens is 166 g/mol. The lowest BCUT2D eigenvalue weighted by Gasteiger charge is -2.19. The van der Waals surface area contributed by atoms with Crippen molar-refractivity contribution in [2.45, 2.75) is 6.10 Å². The van der Waals surface area contributed by atoms with Crippen LogP contribution in [-0.2, 0) is 19.1 Å². The molecule has 7 nitrogen and oxygen atoms in total. The predicted molar refractivity (Wildman–Crippen MR) is 34.9 cm³/mol. The van der Waals surface area contributed by atoms with Crippen LogP contribution in [0.1, 0.15) is 0 Å². The Hall–Kier alpha value is -1.75. The Kier molecular flexibility index (Phi) is 2.49. The molecule has 0 radical (unpaired) electrons. The van der Waals surface area contributed by atoms with E-state index in [2.05, 4.69) is 19.5 Å². The standard InChI is InChI=1S/C5H5N3O4/c6-8-7-1-3-5(10)11-2-4(9)12-3/h3H,1-2H2. The molecule has 1 rings (SSSR count). The highest BCUT2D eigenvalue weighted by Crippen LogP contribution is 2.04. The second-order valence-electron chi connectivity index (χ2n) is 2.00. The van der Waals surface area contributed by atoms with E-state index in [1.807, 2.05) is 0 Å². The van der Waals surface area contributed by atoms with E-state index in [0.717, 1.165) is 0 Å². The van der Waals surface area contributed by atoms with E-state index in [-0.39, 0.29) is 13.2 Å². The highest BCUT2D eigenvalue weighted by atomic mass is 16.6. The van der Waals surface area contributed by atoms with Crippen LogP contribution in [0, 0.1) is 0 Å². The van der Waals surface area contributed by atoms with Gasteiger partial charge in [0.15, 0.2) is 6.61 Å². The number of rotatable bonds is 2. The number of azide groups is 1. The first kappa shape index (κ1) is 8.35. The van der Waals surface area contributed by atoms with Crippen molar-refractivity contribution < 1.29 is 19.1 Å². The first-order valence-electron chi connectivity index (χ1n) is 3.11. The summed E-state index contributed by atoms with van der Waals surface area (Å²) in [4.78, 5) is 23.7. The Morgan fingerprint density at radius 2 is 2.42 bits per heavy atom. The summed E-state index contributed by atoms with van der Waals surface area (Å²) in [6.45, 7) is -0.591. The molecule has 1 atom stereocenters. The van der Waals surface area contributed by atoms with Crippen LogP contribution in [0.4, 0.5) is 0 Å². The second-order valence-corrected chi connectivity index (χ2v) is 2.00. The average Bonchev–Trinajstić information content (AvgIpc) is 2.07. The number of hydrogen-bond acceptors (Lipinski definition) is 5. The van der Waals surface area contributed by atoms with Gasteiger partial charge < -0.3 is 9.47 Å². The van der Waals surface area contributed by atoms with Gasteiger partial charge >= 0.3 is 11.9 Å². The van der Waals surface area contributed by atoms with Gasteiger partial charge in [0.05, 0.1) is 6.54 Å². The summed E-state index contributed by atoms with van der Waals surface area (Å²) in [6.07, 6.45) is -1.08. The Morgan fingerprint density at radius 3 is 3.08 bits per heavy atom. The van der Waals surface area contributed by atoms with Gasteiger partial charge in [0.2, 0.25) is 6.10 Å². The van der Waals surface area contributed by atoms with Crippen LogP contribution in [0.15, 0.2) is 5.11 Å². The molecule has 0 saturated carbocycles. The molecule has 1 aliphatic rings. The molecule has 0 N–H and O–H groups in total. The van der Waals surface area contributed by atoms with E-state index in [9.17, 15) is 9.59 Å². The van der Waals surface area contributed by atoms with Crippen molar-refractivity contribution in [1.29, 1.82) is 0 Å². The fraction of sp³-hybridized carbons (Fsp3) is 0.600. The minimum Gasteiger partial charge on any atom is -0.451 e. The Bertz CT molecular complexity index is 255. The lowest BCUT2D eigenvalue weighted by Crippen LogP contribution is -2.39. The van der Waals surface area contributed by atoms with Crippen LogP contribution in [0.2, 0.25) is 0 Å².